The molecule has 2 aromatic rings. The van der Waals surface area contributed by atoms with Gasteiger partial charge < -0.3 is 14.6 Å². The average molecular weight is 374 g/mol. The highest BCUT2D eigenvalue weighted by Gasteiger charge is 2.56. The summed E-state index contributed by atoms with van der Waals surface area (Å²) < 4.78 is 62.8. The van der Waals surface area contributed by atoms with E-state index in [9.17, 15) is 22.5 Å². The molecule has 2 aromatic carbocycles. The van der Waals surface area contributed by atoms with Crippen LogP contribution in [0.15, 0.2) is 53.4 Å². The summed E-state index contributed by atoms with van der Waals surface area (Å²) in [6.45, 7) is 0. The number of aliphatic hydroxyl groups is 1. The van der Waals surface area contributed by atoms with E-state index >= 15 is 0 Å². The Kier molecular flexibility index (Phi) is 5.74. The maximum absolute atomic E-state index is 13.5. The van der Waals surface area contributed by atoms with Crippen molar-refractivity contribution in [2.45, 2.75) is 16.7 Å². The molecule has 25 heavy (non-hydrogen) atoms. The smallest absolute Gasteiger partial charge is 0.422 e. The third-order valence-corrected chi connectivity index (χ3v) is 5.18. The Hall–Kier alpha value is -2.06. The number of alkyl halides is 3. The van der Waals surface area contributed by atoms with Crippen LogP contribution in [0, 0.1) is 0 Å². The minimum absolute atomic E-state index is 0.164. The zero-order chi connectivity index (χ0) is 18.7. The van der Waals surface area contributed by atoms with Crippen molar-refractivity contribution in [1.29, 1.82) is 0 Å². The molecule has 0 aliphatic rings. The van der Waals surface area contributed by atoms with Gasteiger partial charge in [0.2, 0.25) is 0 Å². The molecule has 0 bridgehead atoms. The van der Waals surface area contributed by atoms with Crippen LogP contribution in [0.5, 0.6) is 11.5 Å². The van der Waals surface area contributed by atoms with Crippen molar-refractivity contribution in [2.24, 2.45) is 0 Å². The summed E-state index contributed by atoms with van der Waals surface area (Å²) in [5, 5.41) is 10.3. The van der Waals surface area contributed by atoms with Crippen molar-refractivity contribution >= 4 is 10.8 Å². The molecule has 0 aromatic heterocycles. The SMILES string of the molecule is COc1ccc(S(=O)CC(O)(c2ccc(OC)cc2)C(F)(F)F)cc1. The van der Waals surface area contributed by atoms with Crippen LogP contribution in [0.3, 0.4) is 0 Å². The summed E-state index contributed by atoms with van der Waals surface area (Å²) in [6, 6.07) is 10.6. The molecule has 2 unspecified atom stereocenters. The van der Waals surface area contributed by atoms with Crippen molar-refractivity contribution in [3.63, 3.8) is 0 Å². The molecule has 0 spiro atoms. The molecule has 0 amide bonds. The van der Waals surface area contributed by atoms with Crippen molar-refractivity contribution in [2.75, 3.05) is 20.0 Å². The number of halogens is 3. The van der Waals surface area contributed by atoms with Crippen molar-refractivity contribution in [3.05, 3.63) is 54.1 Å². The van der Waals surface area contributed by atoms with Gasteiger partial charge >= 0.3 is 6.18 Å². The van der Waals surface area contributed by atoms with Gasteiger partial charge in [-0.2, -0.15) is 13.2 Å². The molecule has 2 atom stereocenters. The first-order valence-electron chi connectivity index (χ1n) is 7.17. The lowest BCUT2D eigenvalue weighted by molar-refractivity contribution is -0.256. The number of hydrogen-bond acceptors (Lipinski definition) is 4. The summed E-state index contributed by atoms with van der Waals surface area (Å²) >= 11 is 0. The number of rotatable bonds is 6. The lowest BCUT2D eigenvalue weighted by Crippen LogP contribution is -2.46. The molecular weight excluding hydrogens is 357 g/mol. The van der Waals surface area contributed by atoms with E-state index in [2.05, 4.69) is 0 Å². The fraction of sp³-hybridized carbons (Fsp3) is 0.294. The summed E-state index contributed by atoms with van der Waals surface area (Å²) in [5.74, 6) is -0.179. The molecule has 1 N–H and O–H groups in total. The molecule has 8 heteroatoms. The molecule has 0 saturated carbocycles. The predicted octanol–water partition coefficient (Wildman–Crippen LogP) is 3.26. The zero-order valence-corrected chi connectivity index (χ0v) is 14.4. The van der Waals surface area contributed by atoms with E-state index in [1.807, 2.05) is 0 Å². The van der Waals surface area contributed by atoms with E-state index in [1.54, 1.807) is 0 Å². The number of benzene rings is 2. The lowest BCUT2D eigenvalue weighted by Gasteiger charge is -2.30. The molecule has 4 nitrogen and oxygen atoms in total. The van der Waals surface area contributed by atoms with Gasteiger partial charge in [-0.1, -0.05) is 12.1 Å². The van der Waals surface area contributed by atoms with Gasteiger partial charge in [0.15, 0.2) is 5.60 Å². The van der Waals surface area contributed by atoms with Crippen molar-refractivity contribution < 1.29 is 32.0 Å². The molecule has 0 aliphatic carbocycles. The maximum atomic E-state index is 13.5. The fourth-order valence-corrected chi connectivity index (χ4v) is 3.51. The first-order chi connectivity index (χ1) is 11.7. The van der Waals surface area contributed by atoms with Crippen LogP contribution in [-0.2, 0) is 16.4 Å². The highest BCUT2D eigenvalue weighted by Crippen LogP contribution is 2.40. The number of methoxy groups -OCH3 is 2. The molecule has 0 heterocycles. The third kappa shape index (κ3) is 4.13. The number of hydrogen-bond donors (Lipinski definition) is 1. The Morgan fingerprint density at radius 1 is 0.920 bits per heavy atom. The quantitative estimate of drug-likeness (QED) is 0.843. The summed E-state index contributed by atoms with van der Waals surface area (Å²) in [7, 11) is 0.747. The van der Waals surface area contributed by atoms with Crippen LogP contribution in [0.2, 0.25) is 0 Å². The highest BCUT2D eigenvalue weighted by atomic mass is 32.2. The molecule has 136 valence electrons. The van der Waals surface area contributed by atoms with Crippen LogP contribution in [0.4, 0.5) is 13.2 Å². The van der Waals surface area contributed by atoms with E-state index in [4.69, 9.17) is 9.47 Å². The van der Waals surface area contributed by atoms with E-state index in [-0.39, 0.29) is 4.90 Å². The Morgan fingerprint density at radius 3 is 1.76 bits per heavy atom. The third-order valence-electron chi connectivity index (χ3n) is 3.70. The van der Waals surface area contributed by atoms with Gasteiger partial charge in [-0.15, -0.1) is 0 Å². The summed E-state index contributed by atoms with van der Waals surface area (Å²) in [6.07, 6.45) is -5.00. The van der Waals surface area contributed by atoms with E-state index in [0.29, 0.717) is 11.5 Å². The monoisotopic (exact) mass is 374 g/mol. The second-order valence-corrected chi connectivity index (χ2v) is 6.70. The first kappa shape index (κ1) is 19.3. The van der Waals surface area contributed by atoms with Crippen LogP contribution in [0.1, 0.15) is 5.56 Å². The van der Waals surface area contributed by atoms with Gasteiger partial charge in [0.05, 0.1) is 30.8 Å². The van der Waals surface area contributed by atoms with Crippen LogP contribution in [-0.4, -0.2) is 35.5 Å². The van der Waals surface area contributed by atoms with Crippen LogP contribution >= 0.6 is 0 Å². The van der Waals surface area contributed by atoms with Crippen LogP contribution in [0.25, 0.3) is 0 Å². The molecule has 0 aliphatic heterocycles. The Balaban J connectivity index is 2.34. The second kappa shape index (κ2) is 7.45. The molecular formula is C17H17F3O4S. The number of ether oxygens (including phenoxy) is 2. The van der Waals surface area contributed by atoms with Gasteiger partial charge in [-0.3, -0.25) is 4.21 Å². The van der Waals surface area contributed by atoms with Gasteiger partial charge in [0.1, 0.15) is 11.5 Å². The molecule has 0 fully saturated rings. The van der Waals surface area contributed by atoms with E-state index in [1.165, 1.54) is 50.6 Å². The minimum atomic E-state index is -5.00. The normalized spacial score (nSPS) is 15.3. The van der Waals surface area contributed by atoms with Gasteiger partial charge in [0.25, 0.3) is 0 Å². The molecule has 0 radical (unpaired) electrons. The van der Waals surface area contributed by atoms with E-state index in [0.717, 1.165) is 12.1 Å². The molecule has 2 rings (SSSR count). The first-order valence-corrected chi connectivity index (χ1v) is 8.49. The summed E-state index contributed by atoms with van der Waals surface area (Å²) in [4.78, 5) is 0.164. The largest absolute Gasteiger partial charge is 0.497 e. The maximum Gasteiger partial charge on any atom is 0.422 e. The second-order valence-electron chi connectivity index (χ2n) is 5.25. The fourth-order valence-electron chi connectivity index (χ4n) is 2.20. The standard InChI is InChI=1S/C17H17F3O4S/c1-23-13-5-3-12(4-6-13)16(21,17(18,19)20)11-25(22)15-9-7-14(24-2)8-10-15/h3-10,21H,11H2,1-2H3. The average Bonchev–Trinajstić information content (AvgIpc) is 2.60. The summed E-state index contributed by atoms with van der Waals surface area (Å²) in [5.41, 5.74) is -3.65. The Morgan fingerprint density at radius 2 is 1.36 bits per heavy atom. The van der Waals surface area contributed by atoms with Gasteiger partial charge in [-0.05, 0) is 42.0 Å². The predicted molar refractivity (Wildman–Crippen MR) is 87.2 cm³/mol. The van der Waals surface area contributed by atoms with Gasteiger partial charge in [-0.25, -0.2) is 0 Å². The minimum Gasteiger partial charge on any atom is -0.497 e. The van der Waals surface area contributed by atoms with Crippen molar-refractivity contribution in [1.82, 2.24) is 0 Å². The van der Waals surface area contributed by atoms with E-state index < -0.39 is 33.9 Å². The Bertz CT molecular complexity index is 729. The Labute approximate surface area is 145 Å². The lowest BCUT2D eigenvalue weighted by atomic mass is 9.95. The zero-order valence-electron chi connectivity index (χ0n) is 13.5. The van der Waals surface area contributed by atoms with Crippen molar-refractivity contribution in [3.8, 4) is 11.5 Å². The topological polar surface area (TPSA) is 55.8 Å². The highest BCUT2D eigenvalue weighted by molar-refractivity contribution is 7.85. The van der Waals surface area contributed by atoms with Gasteiger partial charge in [0, 0.05) is 4.90 Å². The van der Waals surface area contributed by atoms with Crippen LogP contribution < -0.4 is 9.47 Å². The molecule has 0 saturated heterocycles.